The molecule has 0 atom stereocenters. The van der Waals surface area contributed by atoms with Gasteiger partial charge in [0.15, 0.2) is 11.0 Å². The van der Waals surface area contributed by atoms with Crippen molar-refractivity contribution in [1.29, 1.82) is 0 Å². The van der Waals surface area contributed by atoms with Crippen LogP contribution in [0, 0.1) is 6.92 Å². The summed E-state index contributed by atoms with van der Waals surface area (Å²) in [6.07, 6.45) is 4.39. The zero-order valence-electron chi connectivity index (χ0n) is 20.2. The standard InChI is InChI=1S/C28H24N6OS2/c1-19-6-8-23(9-7-19)34-26(21-10-13-29-14-11-21)31-32-28(34)37-18-25-30-24(17-36-25)27(35)33-15-12-20-4-2-3-5-22(20)16-33/h2-11,13-14,17H,12,15-16,18H2,1H3. The van der Waals surface area contributed by atoms with Gasteiger partial charge in [-0.2, -0.15) is 0 Å². The van der Waals surface area contributed by atoms with Crippen LogP contribution in [0.4, 0.5) is 0 Å². The minimum Gasteiger partial charge on any atom is -0.333 e. The second-order valence-corrected chi connectivity index (χ2v) is 10.8. The summed E-state index contributed by atoms with van der Waals surface area (Å²) >= 11 is 3.07. The maximum Gasteiger partial charge on any atom is 0.273 e. The van der Waals surface area contributed by atoms with Crippen molar-refractivity contribution >= 4 is 29.0 Å². The fraction of sp³-hybridized carbons (Fsp3) is 0.179. The number of aryl methyl sites for hydroxylation is 1. The summed E-state index contributed by atoms with van der Waals surface area (Å²) in [7, 11) is 0. The van der Waals surface area contributed by atoms with Crippen LogP contribution in [-0.4, -0.2) is 42.1 Å². The Bertz CT molecular complexity index is 1540. The first-order chi connectivity index (χ1) is 18.2. The van der Waals surface area contributed by atoms with Crippen LogP contribution in [0.25, 0.3) is 17.1 Å². The molecule has 5 aromatic rings. The Morgan fingerprint density at radius 3 is 2.59 bits per heavy atom. The summed E-state index contributed by atoms with van der Waals surface area (Å²) in [6, 6.07) is 20.5. The lowest BCUT2D eigenvalue weighted by Gasteiger charge is -2.28. The Morgan fingerprint density at radius 2 is 1.78 bits per heavy atom. The lowest BCUT2D eigenvalue weighted by molar-refractivity contribution is 0.0729. The van der Waals surface area contributed by atoms with Gasteiger partial charge in [-0.15, -0.1) is 21.5 Å². The van der Waals surface area contributed by atoms with E-state index in [9.17, 15) is 4.79 Å². The lowest BCUT2D eigenvalue weighted by atomic mass is 10.00. The van der Waals surface area contributed by atoms with Crippen molar-refractivity contribution in [3.63, 3.8) is 0 Å². The summed E-state index contributed by atoms with van der Waals surface area (Å²) in [5, 5.41) is 12.5. The van der Waals surface area contributed by atoms with Crippen LogP contribution in [0.2, 0.25) is 0 Å². The van der Waals surface area contributed by atoms with Crippen LogP contribution in [0.1, 0.15) is 32.2 Å². The molecule has 3 aromatic heterocycles. The molecule has 4 heterocycles. The number of benzene rings is 2. The number of thiazole rings is 1. The van der Waals surface area contributed by atoms with Gasteiger partial charge in [0.25, 0.3) is 5.91 Å². The second kappa shape index (κ2) is 10.3. The van der Waals surface area contributed by atoms with Crippen LogP contribution >= 0.6 is 23.1 Å². The third-order valence-electron chi connectivity index (χ3n) is 6.38. The molecule has 1 aliphatic heterocycles. The minimum atomic E-state index is -0.00945. The van der Waals surface area contributed by atoms with E-state index in [0.29, 0.717) is 18.0 Å². The SMILES string of the molecule is Cc1ccc(-n2c(SCc3nc(C(=O)N4CCc5ccccc5C4)cs3)nnc2-c2ccncc2)cc1. The van der Waals surface area contributed by atoms with Gasteiger partial charge in [0.1, 0.15) is 10.7 Å². The summed E-state index contributed by atoms with van der Waals surface area (Å²) in [4.78, 5) is 23.9. The number of fused-ring (bicyclic) bond motifs is 1. The fourth-order valence-electron chi connectivity index (χ4n) is 4.41. The number of carbonyl (C=O) groups excluding carboxylic acids is 1. The molecular weight excluding hydrogens is 500 g/mol. The molecule has 6 rings (SSSR count). The normalized spacial score (nSPS) is 12.9. The van der Waals surface area contributed by atoms with Gasteiger partial charge in [0.2, 0.25) is 0 Å². The molecule has 7 nitrogen and oxygen atoms in total. The molecule has 1 aliphatic rings. The quantitative estimate of drug-likeness (QED) is 0.270. The molecule has 0 N–H and O–H groups in total. The van der Waals surface area contributed by atoms with Gasteiger partial charge in [-0.3, -0.25) is 14.3 Å². The lowest BCUT2D eigenvalue weighted by Crippen LogP contribution is -2.36. The molecule has 2 aromatic carbocycles. The number of nitrogens with zero attached hydrogens (tertiary/aromatic N) is 6. The van der Waals surface area contributed by atoms with E-state index in [1.807, 2.05) is 28.5 Å². The molecule has 0 radical (unpaired) electrons. The van der Waals surface area contributed by atoms with Crippen LogP contribution in [-0.2, 0) is 18.7 Å². The van der Waals surface area contributed by atoms with E-state index >= 15 is 0 Å². The molecule has 9 heteroatoms. The molecule has 37 heavy (non-hydrogen) atoms. The monoisotopic (exact) mass is 524 g/mol. The Hall–Kier alpha value is -3.82. The number of aromatic nitrogens is 5. The van der Waals surface area contributed by atoms with Crippen molar-refractivity contribution in [2.45, 2.75) is 30.8 Å². The first-order valence-corrected chi connectivity index (χ1v) is 13.9. The fourth-order valence-corrected chi connectivity index (χ4v) is 6.15. The van der Waals surface area contributed by atoms with Gasteiger partial charge < -0.3 is 4.90 Å². The molecule has 0 fully saturated rings. The number of pyridine rings is 1. The smallest absolute Gasteiger partial charge is 0.273 e. The zero-order valence-corrected chi connectivity index (χ0v) is 21.9. The van der Waals surface area contributed by atoms with Gasteiger partial charge in [0.05, 0.1) is 5.75 Å². The van der Waals surface area contributed by atoms with Crippen molar-refractivity contribution in [3.05, 3.63) is 106 Å². The topological polar surface area (TPSA) is 76.8 Å². The van der Waals surface area contributed by atoms with E-state index in [1.54, 1.807) is 24.2 Å². The number of thioether (sulfide) groups is 1. The maximum absolute atomic E-state index is 13.2. The third-order valence-corrected chi connectivity index (χ3v) is 8.35. The molecule has 0 unspecified atom stereocenters. The highest BCUT2D eigenvalue weighted by Crippen LogP contribution is 2.31. The molecule has 0 saturated heterocycles. The Morgan fingerprint density at radius 1 is 1.00 bits per heavy atom. The number of hydrogen-bond donors (Lipinski definition) is 0. The van der Waals surface area contributed by atoms with Crippen molar-refractivity contribution in [2.24, 2.45) is 0 Å². The molecule has 0 spiro atoms. The average molecular weight is 525 g/mol. The van der Waals surface area contributed by atoms with Gasteiger partial charge in [0, 0.05) is 42.1 Å². The predicted molar refractivity (Wildman–Crippen MR) is 146 cm³/mol. The number of hydrogen-bond acceptors (Lipinski definition) is 7. The van der Waals surface area contributed by atoms with E-state index in [2.05, 4.69) is 74.1 Å². The summed E-state index contributed by atoms with van der Waals surface area (Å²) < 4.78 is 2.06. The van der Waals surface area contributed by atoms with Crippen LogP contribution in [0.15, 0.2) is 83.6 Å². The number of rotatable bonds is 6. The molecule has 0 saturated carbocycles. The highest BCUT2D eigenvalue weighted by atomic mass is 32.2. The number of carbonyl (C=O) groups is 1. The molecule has 1 amide bonds. The van der Waals surface area contributed by atoms with Crippen LogP contribution in [0.3, 0.4) is 0 Å². The number of amides is 1. The predicted octanol–water partition coefficient (Wildman–Crippen LogP) is 5.59. The Labute approximate surface area is 223 Å². The van der Waals surface area contributed by atoms with E-state index in [1.165, 1.54) is 28.0 Å². The van der Waals surface area contributed by atoms with E-state index in [4.69, 9.17) is 0 Å². The first kappa shape index (κ1) is 23.6. The highest BCUT2D eigenvalue weighted by molar-refractivity contribution is 7.98. The molecule has 0 aliphatic carbocycles. The Kier molecular flexibility index (Phi) is 6.55. The highest BCUT2D eigenvalue weighted by Gasteiger charge is 2.24. The average Bonchev–Trinajstić information content (AvgIpc) is 3.60. The van der Waals surface area contributed by atoms with E-state index in [-0.39, 0.29) is 5.91 Å². The summed E-state index contributed by atoms with van der Waals surface area (Å²) in [5.41, 5.74) is 6.18. The molecular formula is C28H24N6OS2. The Balaban J connectivity index is 1.21. The van der Waals surface area contributed by atoms with E-state index < -0.39 is 0 Å². The van der Waals surface area contributed by atoms with Crippen LogP contribution < -0.4 is 0 Å². The largest absolute Gasteiger partial charge is 0.333 e. The van der Waals surface area contributed by atoms with Gasteiger partial charge in [-0.05, 0) is 48.7 Å². The maximum atomic E-state index is 13.2. The van der Waals surface area contributed by atoms with Crippen molar-refractivity contribution in [3.8, 4) is 17.1 Å². The first-order valence-electron chi connectivity index (χ1n) is 12.0. The second-order valence-electron chi connectivity index (χ2n) is 8.87. The van der Waals surface area contributed by atoms with Gasteiger partial charge in [-0.1, -0.05) is 53.7 Å². The summed E-state index contributed by atoms with van der Waals surface area (Å²) in [5.74, 6) is 1.35. The zero-order chi connectivity index (χ0) is 25.2. The molecule has 184 valence electrons. The van der Waals surface area contributed by atoms with Crippen molar-refractivity contribution in [1.82, 2.24) is 29.6 Å². The van der Waals surface area contributed by atoms with Gasteiger partial charge >= 0.3 is 0 Å². The third kappa shape index (κ3) is 4.92. The van der Waals surface area contributed by atoms with Crippen molar-refractivity contribution in [2.75, 3.05) is 6.54 Å². The van der Waals surface area contributed by atoms with Gasteiger partial charge in [-0.25, -0.2) is 4.98 Å². The van der Waals surface area contributed by atoms with E-state index in [0.717, 1.165) is 40.2 Å². The molecule has 0 bridgehead atoms. The summed E-state index contributed by atoms with van der Waals surface area (Å²) in [6.45, 7) is 3.42. The van der Waals surface area contributed by atoms with Crippen LogP contribution in [0.5, 0.6) is 0 Å². The van der Waals surface area contributed by atoms with Crippen molar-refractivity contribution < 1.29 is 4.79 Å². The minimum absolute atomic E-state index is 0.00945.